The average molecular weight is 465 g/mol. The molecule has 0 atom stereocenters. The number of hydrogen-bond acceptors (Lipinski definition) is 5. The van der Waals surface area contributed by atoms with E-state index in [4.69, 9.17) is 27.4 Å². The Hall–Kier alpha value is -2.65. The van der Waals surface area contributed by atoms with Gasteiger partial charge in [-0.1, -0.05) is 17.7 Å². The minimum atomic E-state index is -0.270. The number of halogens is 1. The van der Waals surface area contributed by atoms with Gasteiger partial charge in [-0.3, -0.25) is 10.2 Å². The molecule has 148 valence electrons. The van der Waals surface area contributed by atoms with Crippen LogP contribution in [0, 0.1) is 6.92 Å². The highest BCUT2D eigenvalue weighted by Crippen LogP contribution is 2.33. The van der Waals surface area contributed by atoms with Gasteiger partial charge in [0.2, 0.25) is 0 Å². The van der Waals surface area contributed by atoms with E-state index in [2.05, 4.69) is 31.8 Å². The van der Waals surface area contributed by atoms with E-state index in [9.17, 15) is 4.79 Å². The normalized spacial score (nSPS) is 10.5. The van der Waals surface area contributed by atoms with Crippen molar-refractivity contribution in [3.63, 3.8) is 0 Å². The second kappa shape index (κ2) is 10.6. The number of carbonyl (C=O) groups is 1. The first kappa shape index (κ1) is 21.6. The number of nitrogens with one attached hydrogen (secondary N) is 2. The van der Waals surface area contributed by atoms with Crippen molar-refractivity contribution in [3.05, 3.63) is 52.0 Å². The summed E-state index contributed by atoms with van der Waals surface area (Å²) >= 11 is 8.15. The van der Waals surface area contributed by atoms with Gasteiger partial charge < -0.3 is 20.5 Å². The van der Waals surface area contributed by atoms with Crippen molar-refractivity contribution >= 4 is 51.1 Å². The molecule has 0 saturated heterocycles. The van der Waals surface area contributed by atoms with Crippen molar-refractivity contribution in [2.24, 2.45) is 10.8 Å². The first-order valence-corrected chi connectivity index (χ1v) is 9.63. The monoisotopic (exact) mass is 464 g/mol. The van der Waals surface area contributed by atoms with Gasteiger partial charge >= 0.3 is 0 Å². The first-order chi connectivity index (χ1) is 13.4. The molecular formula is C19H21BrN4O3S. The molecule has 0 aliphatic rings. The number of nitrogens with two attached hydrogens (primary N) is 1. The summed E-state index contributed by atoms with van der Waals surface area (Å²) in [4.78, 5) is 12.2. The Morgan fingerprint density at radius 2 is 1.93 bits per heavy atom. The molecule has 0 spiro atoms. The van der Waals surface area contributed by atoms with Gasteiger partial charge in [-0.15, -0.1) is 0 Å². The van der Waals surface area contributed by atoms with E-state index in [1.807, 2.05) is 38.1 Å². The van der Waals surface area contributed by atoms with E-state index < -0.39 is 0 Å². The van der Waals surface area contributed by atoms with E-state index in [-0.39, 0.29) is 17.6 Å². The van der Waals surface area contributed by atoms with Gasteiger partial charge in [0.05, 0.1) is 12.8 Å². The summed E-state index contributed by atoms with van der Waals surface area (Å²) in [6.45, 7) is 4.13. The lowest BCUT2D eigenvalue weighted by molar-refractivity contribution is -0.118. The largest absolute Gasteiger partial charge is 0.490 e. The zero-order valence-corrected chi connectivity index (χ0v) is 17.9. The topological polar surface area (TPSA) is 98.0 Å². The second-order valence-electron chi connectivity index (χ2n) is 5.69. The van der Waals surface area contributed by atoms with Gasteiger partial charge in [-0.2, -0.15) is 5.10 Å². The van der Waals surface area contributed by atoms with Gasteiger partial charge in [-0.05, 0) is 66.3 Å². The van der Waals surface area contributed by atoms with Crippen LogP contribution in [0.3, 0.4) is 0 Å². The summed E-state index contributed by atoms with van der Waals surface area (Å²) < 4.78 is 12.0. The van der Waals surface area contributed by atoms with Crippen LogP contribution in [0.2, 0.25) is 0 Å². The number of carbonyl (C=O) groups excluding carboxylic acids is 1. The molecule has 4 N–H and O–H groups in total. The van der Waals surface area contributed by atoms with Crippen molar-refractivity contribution in [2.45, 2.75) is 13.8 Å². The number of hydrogen-bond donors (Lipinski definition) is 3. The number of hydrazone groups is 1. The molecule has 0 unspecified atom stereocenters. The predicted octanol–water partition coefficient (Wildman–Crippen LogP) is 3.34. The molecule has 0 heterocycles. The van der Waals surface area contributed by atoms with Crippen LogP contribution in [-0.2, 0) is 4.79 Å². The van der Waals surface area contributed by atoms with Crippen molar-refractivity contribution in [1.82, 2.24) is 5.43 Å². The molecular weight excluding hydrogens is 444 g/mol. The maximum absolute atomic E-state index is 12.2. The van der Waals surface area contributed by atoms with E-state index >= 15 is 0 Å². The lowest BCUT2D eigenvalue weighted by Crippen LogP contribution is -2.24. The number of aryl methyl sites for hydroxylation is 1. The predicted molar refractivity (Wildman–Crippen MR) is 118 cm³/mol. The summed E-state index contributed by atoms with van der Waals surface area (Å²) in [6, 6.07) is 11.0. The van der Waals surface area contributed by atoms with Crippen LogP contribution in [0.4, 0.5) is 5.69 Å². The van der Waals surface area contributed by atoms with Gasteiger partial charge in [-0.25, -0.2) is 0 Å². The zero-order chi connectivity index (χ0) is 20.5. The molecule has 0 saturated carbocycles. The highest BCUT2D eigenvalue weighted by atomic mass is 79.9. The SMILES string of the molecule is CCOc1cc(C=NNC(N)=S)c(Br)cc1OCC(=O)Nc1ccc(C)cc1. The molecule has 28 heavy (non-hydrogen) atoms. The lowest BCUT2D eigenvalue weighted by atomic mass is 10.2. The number of nitrogens with zero attached hydrogens (tertiary/aromatic N) is 1. The van der Waals surface area contributed by atoms with E-state index in [0.717, 1.165) is 11.1 Å². The lowest BCUT2D eigenvalue weighted by Gasteiger charge is -2.14. The Labute approximate surface area is 177 Å². The third-order valence-corrected chi connectivity index (χ3v) is 4.21. The fraction of sp³-hybridized carbons (Fsp3) is 0.211. The summed E-state index contributed by atoms with van der Waals surface area (Å²) in [5, 5.41) is 6.78. The van der Waals surface area contributed by atoms with Crippen LogP contribution in [-0.4, -0.2) is 30.4 Å². The average Bonchev–Trinajstić information content (AvgIpc) is 2.64. The molecule has 2 rings (SSSR count). The van der Waals surface area contributed by atoms with Crippen molar-refractivity contribution in [1.29, 1.82) is 0 Å². The number of anilines is 1. The molecule has 2 aromatic rings. The first-order valence-electron chi connectivity index (χ1n) is 8.43. The quantitative estimate of drug-likeness (QED) is 0.314. The minimum absolute atomic E-state index is 0.0666. The van der Waals surface area contributed by atoms with Crippen molar-refractivity contribution in [2.75, 3.05) is 18.5 Å². The minimum Gasteiger partial charge on any atom is -0.490 e. The Kier molecular flexibility index (Phi) is 8.21. The highest BCUT2D eigenvalue weighted by molar-refractivity contribution is 9.10. The van der Waals surface area contributed by atoms with Gasteiger partial charge in [0.1, 0.15) is 0 Å². The Balaban J connectivity index is 2.07. The highest BCUT2D eigenvalue weighted by Gasteiger charge is 2.12. The number of rotatable bonds is 8. The molecule has 2 aromatic carbocycles. The van der Waals surface area contributed by atoms with Gasteiger partial charge in [0, 0.05) is 15.7 Å². The van der Waals surface area contributed by atoms with Crippen LogP contribution < -0.4 is 25.9 Å². The van der Waals surface area contributed by atoms with E-state index in [0.29, 0.717) is 28.3 Å². The number of thiocarbonyl (C=S) groups is 1. The smallest absolute Gasteiger partial charge is 0.262 e. The van der Waals surface area contributed by atoms with Crippen LogP contribution >= 0.6 is 28.1 Å². The molecule has 0 aliphatic heterocycles. The second-order valence-corrected chi connectivity index (χ2v) is 6.98. The summed E-state index contributed by atoms with van der Waals surface area (Å²) in [7, 11) is 0. The fourth-order valence-electron chi connectivity index (χ4n) is 2.17. The number of benzene rings is 2. The fourth-order valence-corrected chi connectivity index (χ4v) is 2.65. The van der Waals surface area contributed by atoms with Crippen LogP contribution in [0.25, 0.3) is 0 Å². The van der Waals surface area contributed by atoms with Crippen molar-refractivity contribution < 1.29 is 14.3 Å². The molecule has 1 amide bonds. The molecule has 0 aromatic heterocycles. The van der Waals surface area contributed by atoms with E-state index in [1.54, 1.807) is 18.3 Å². The van der Waals surface area contributed by atoms with E-state index in [1.165, 1.54) is 0 Å². The number of ether oxygens (including phenoxy) is 2. The molecule has 7 nitrogen and oxygen atoms in total. The summed E-state index contributed by atoms with van der Waals surface area (Å²) in [6.07, 6.45) is 1.54. The molecule has 0 fully saturated rings. The molecule has 0 aliphatic carbocycles. The summed E-state index contributed by atoms with van der Waals surface area (Å²) in [5.74, 6) is 0.659. The Morgan fingerprint density at radius 3 is 2.57 bits per heavy atom. The van der Waals surface area contributed by atoms with Crippen molar-refractivity contribution in [3.8, 4) is 11.5 Å². The van der Waals surface area contributed by atoms with Crippen LogP contribution in [0.1, 0.15) is 18.1 Å². The zero-order valence-electron chi connectivity index (χ0n) is 15.5. The van der Waals surface area contributed by atoms with Gasteiger partial charge in [0.15, 0.2) is 23.2 Å². The third-order valence-electron chi connectivity index (χ3n) is 3.44. The van der Waals surface area contributed by atoms with Crippen LogP contribution in [0.5, 0.6) is 11.5 Å². The van der Waals surface area contributed by atoms with Crippen LogP contribution in [0.15, 0.2) is 46.0 Å². The number of amides is 1. The Morgan fingerprint density at radius 1 is 1.25 bits per heavy atom. The molecule has 0 bridgehead atoms. The Bertz CT molecular complexity index is 872. The molecule has 0 radical (unpaired) electrons. The third kappa shape index (κ3) is 6.82. The maximum atomic E-state index is 12.2. The standard InChI is InChI=1S/C19H21BrN4O3S/c1-3-26-16-8-13(10-22-24-19(21)28)15(20)9-17(16)27-11-18(25)23-14-6-4-12(2)5-7-14/h4-10H,3,11H2,1-2H3,(H,23,25)(H3,21,24,28). The molecule has 9 heteroatoms. The maximum Gasteiger partial charge on any atom is 0.262 e. The summed E-state index contributed by atoms with van der Waals surface area (Å²) in [5.41, 5.74) is 10.4. The van der Waals surface area contributed by atoms with Gasteiger partial charge in [0.25, 0.3) is 5.91 Å².